The van der Waals surface area contributed by atoms with E-state index in [2.05, 4.69) is 25.2 Å². The average molecular weight is 295 g/mol. The van der Waals surface area contributed by atoms with E-state index in [0.29, 0.717) is 35.1 Å². The number of amides is 2. The van der Waals surface area contributed by atoms with Crippen LogP contribution in [0.3, 0.4) is 0 Å². The summed E-state index contributed by atoms with van der Waals surface area (Å²) in [6.07, 6.45) is 3.14. The summed E-state index contributed by atoms with van der Waals surface area (Å²) in [6.45, 7) is 3.14. The summed E-state index contributed by atoms with van der Waals surface area (Å²) in [4.78, 5) is 27.4. The van der Waals surface area contributed by atoms with Crippen molar-refractivity contribution in [3.05, 3.63) is 17.5 Å². The fourth-order valence-corrected chi connectivity index (χ4v) is 2.42. The van der Waals surface area contributed by atoms with Gasteiger partial charge in [-0.25, -0.2) is 14.8 Å². The number of hydrogen-bond donors (Lipinski definition) is 2. The van der Waals surface area contributed by atoms with Gasteiger partial charge in [0.25, 0.3) is 0 Å². The van der Waals surface area contributed by atoms with E-state index in [9.17, 15) is 4.79 Å². The van der Waals surface area contributed by atoms with Gasteiger partial charge < -0.3 is 20.1 Å². The van der Waals surface area contributed by atoms with E-state index in [0.717, 1.165) is 13.1 Å². The number of fused-ring (bicyclic) bond motifs is 1. The van der Waals surface area contributed by atoms with Crippen molar-refractivity contribution in [1.29, 1.82) is 0 Å². The first kappa shape index (κ1) is 13.1. The van der Waals surface area contributed by atoms with Crippen LogP contribution < -0.4 is 5.32 Å². The second-order valence-electron chi connectivity index (χ2n) is 4.79. The highest BCUT2D eigenvalue weighted by Crippen LogP contribution is 2.28. The fraction of sp³-hybridized carbons (Fsp3) is 0.417. The maximum Gasteiger partial charge on any atom is 0.322 e. The predicted molar refractivity (Wildman–Crippen MR) is 77.0 cm³/mol. The largest absolute Gasteiger partial charge is 0.327 e. The zero-order valence-corrected chi connectivity index (χ0v) is 11.8. The number of carbonyl (C=O) groups is 1. The van der Waals surface area contributed by atoms with Crippen LogP contribution >= 0.6 is 11.6 Å². The van der Waals surface area contributed by atoms with Crippen molar-refractivity contribution < 1.29 is 4.79 Å². The Morgan fingerprint density at radius 3 is 2.75 bits per heavy atom. The Morgan fingerprint density at radius 2 is 2.00 bits per heavy atom. The third kappa shape index (κ3) is 2.41. The number of nitrogens with one attached hydrogen (secondary N) is 2. The molecular formula is C12H15ClN6O. The smallest absolute Gasteiger partial charge is 0.322 e. The van der Waals surface area contributed by atoms with Gasteiger partial charge >= 0.3 is 6.03 Å². The summed E-state index contributed by atoms with van der Waals surface area (Å²) in [7, 11) is 2.04. The molecule has 1 saturated heterocycles. The Bertz CT molecular complexity index is 634. The number of anilines is 1. The first-order valence-electron chi connectivity index (χ1n) is 6.38. The van der Waals surface area contributed by atoms with E-state index in [4.69, 9.17) is 11.6 Å². The van der Waals surface area contributed by atoms with Gasteiger partial charge in [-0.2, -0.15) is 0 Å². The lowest BCUT2D eigenvalue weighted by Gasteiger charge is -2.32. The molecule has 2 aromatic rings. The molecule has 0 atom stereocenters. The number of nitrogens with zero attached hydrogens (tertiary/aromatic N) is 4. The van der Waals surface area contributed by atoms with E-state index >= 15 is 0 Å². The number of piperazine rings is 1. The number of rotatable bonds is 1. The van der Waals surface area contributed by atoms with Crippen LogP contribution in [-0.2, 0) is 0 Å². The summed E-state index contributed by atoms with van der Waals surface area (Å²) in [6, 6.07) is -0.161. The van der Waals surface area contributed by atoms with Crippen molar-refractivity contribution in [1.82, 2.24) is 24.8 Å². The number of carbonyl (C=O) groups excluding carboxylic acids is 1. The van der Waals surface area contributed by atoms with Crippen LogP contribution in [0.25, 0.3) is 11.2 Å². The molecule has 0 aliphatic carbocycles. The Hall–Kier alpha value is -1.86. The van der Waals surface area contributed by atoms with Crippen molar-refractivity contribution in [2.24, 2.45) is 0 Å². The molecule has 0 saturated carbocycles. The normalized spacial score (nSPS) is 16.6. The fourth-order valence-electron chi connectivity index (χ4n) is 2.19. The molecule has 1 aliphatic heterocycles. The maximum absolute atomic E-state index is 12.2. The monoisotopic (exact) mass is 294 g/mol. The molecule has 0 unspecified atom stereocenters. The first-order chi connectivity index (χ1) is 9.65. The predicted octanol–water partition coefficient (Wildman–Crippen LogP) is 1.39. The molecule has 0 radical (unpaired) electrons. The van der Waals surface area contributed by atoms with Crippen LogP contribution in [0.15, 0.2) is 12.4 Å². The molecule has 1 aliphatic rings. The van der Waals surface area contributed by atoms with E-state index < -0.39 is 0 Å². The minimum Gasteiger partial charge on any atom is -0.327 e. The van der Waals surface area contributed by atoms with E-state index in [1.165, 1.54) is 0 Å². The number of H-pyrrole nitrogens is 1. The van der Waals surface area contributed by atoms with Crippen LogP contribution in [0.2, 0.25) is 5.15 Å². The number of urea groups is 1. The van der Waals surface area contributed by atoms with Gasteiger partial charge in [-0.05, 0) is 7.05 Å². The summed E-state index contributed by atoms with van der Waals surface area (Å²) in [5.41, 5.74) is 1.62. The van der Waals surface area contributed by atoms with Gasteiger partial charge in [0.05, 0.1) is 0 Å². The Balaban J connectivity index is 1.79. The molecule has 2 amide bonds. The van der Waals surface area contributed by atoms with Gasteiger partial charge in [0, 0.05) is 38.6 Å². The number of hydrogen-bond acceptors (Lipinski definition) is 4. The quantitative estimate of drug-likeness (QED) is 0.833. The van der Waals surface area contributed by atoms with E-state index in [-0.39, 0.29) is 6.03 Å². The number of likely N-dealkylation sites (N-methyl/N-ethyl adjacent to an activating group) is 1. The zero-order chi connectivity index (χ0) is 14.1. The van der Waals surface area contributed by atoms with Crippen molar-refractivity contribution in [2.75, 3.05) is 38.5 Å². The van der Waals surface area contributed by atoms with Crippen molar-refractivity contribution in [3.8, 4) is 0 Å². The highest BCUT2D eigenvalue weighted by atomic mass is 35.5. The second-order valence-corrected chi connectivity index (χ2v) is 5.17. The topological polar surface area (TPSA) is 77.1 Å². The summed E-state index contributed by atoms with van der Waals surface area (Å²) in [5, 5.41) is 3.16. The molecule has 0 bridgehead atoms. The summed E-state index contributed by atoms with van der Waals surface area (Å²) in [5.74, 6) is 0. The minimum absolute atomic E-state index is 0.161. The summed E-state index contributed by atoms with van der Waals surface area (Å²) >= 11 is 6.10. The minimum atomic E-state index is -0.161. The van der Waals surface area contributed by atoms with Gasteiger partial charge in [0.15, 0.2) is 5.65 Å². The molecular weight excluding hydrogens is 280 g/mol. The molecule has 3 rings (SSSR count). The van der Waals surface area contributed by atoms with E-state index in [1.54, 1.807) is 17.3 Å². The molecule has 0 spiro atoms. The molecule has 20 heavy (non-hydrogen) atoms. The number of aromatic amines is 1. The zero-order valence-electron chi connectivity index (χ0n) is 11.1. The van der Waals surface area contributed by atoms with Crippen molar-refractivity contribution in [3.63, 3.8) is 0 Å². The second kappa shape index (κ2) is 5.26. The molecule has 8 heteroatoms. The number of aromatic nitrogens is 3. The highest BCUT2D eigenvalue weighted by molar-refractivity contribution is 6.34. The molecule has 7 nitrogen and oxygen atoms in total. The molecule has 0 aromatic carbocycles. The third-order valence-corrected chi connectivity index (χ3v) is 3.69. The average Bonchev–Trinajstić information content (AvgIpc) is 2.76. The standard InChI is InChI=1S/C12H15ClN6O/c1-18-4-6-19(7-5-18)12(20)16-8-9-11(17-10(8)13)15-3-2-14-9/h2-3H,4-7H2,1H3,(H,15,17)(H,16,20). The Kier molecular flexibility index (Phi) is 3.45. The van der Waals surface area contributed by atoms with Crippen molar-refractivity contribution >= 4 is 34.5 Å². The molecule has 2 aromatic heterocycles. The molecule has 106 valence electrons. The van der Waals surface area contributed by atoms with Crippen LogP contribution in [0.5, 0.6) is 0 Å². The summed E-state index contributed by atoms with van der Waals surface area (Å²) < 4.78 is 0. The third-order valence-electron chi connectivity index (χ3n) is 3.41. The van der Waals surface area contributed by atoms with Gasteiger partial charge in [-0.15, -0.1) is 0 Å². The van der Waals surface area contributed by atoms with Crippen LogP contribution in [0.4, 0.5) is 10.5 Å². The van der Waals surface area contributed by atoms with Crippen LogP contribution in [0.1, 0.15) is 0 Å². The lowest BCUT2D eigenvalue weighted by atomic mass is 10.3. The van der Waals surface area contributed by atoms with Gasteiger partial charge in [-0.3, -0.25) is 0 Å². The molecule has 3 heterocycles. The van der Waals surface area contributed by atoms with Gasteiger partial charge in [-0.1, -0.05) is 11.6 Å². The SMILES string of the molecule is CN1CCN(C(=O)Nc2c(Cl)[nH]c3nccnc23)CC1. The maximum atomic E-state index is 12.2. The highest BCUT2D eigenvalue weighted by Gasteiger charge is 2.21. The first-order valence-corrected chi connectivity index (χ1v) is 6.75. The lowest BCUT2D eigenvalue weighted by Crippen LogP contribution is -2.48. The number of halogens is 1. The lowest BCUT2D eigenvalue weighted by molar-refractivity contribution is 0.164. The van der Waals surface area contributed by atoms with Gasteiger partial charge in [0.1, 0.15) is 16.4 Å². The Labute approximate surface area is 120 Å². The molecule has 2 N–H and O–H groups in total. The Morgan fingerprint density at radius 1 is 1.30 bits per heavy atom. The van der Waals surface area contributed by atoms with Crippen molar-refractivity contribution in [2.45, 2.75) is 0 Å². The van der Waals surface area contributed by atoms with Crippen LogP contribution in [-0.4, -0.2) is 64.0 Å². The molecule has 1 fully saturated rings. The van der Waals surface area contributed by atoms with E-state index in [1.807, 2.05) is 7.05 Å². The van der Waals surface area contributed by atoms with Gasteiger partial charge in [0.2, 0.25) is 0 Å². The van der Waals surface area contributed by atoms with Crippen LogP contribution in [0, 0.1) is 0 Å².